The van der Waals surface area contributed by atoms with Crippen molar-refractivity contribution in [1.82, 2.24) is 15.3 Å². The number of carboxylic acid groups (broad SMARTS) is 1. The van der Waals surface area contributed by atoms with Gasteiger partial charge in [-0.05, 0) is 12.5 Å². The third-order valence-corrected chi connectivity index (χ3v) is 1.97. The van der Waals surface area contributed by atoms with Crippen molar-refractivity contribution in [3.63, 3.8) is 0 Å². The van der Waals surface area contributed by atoms with Crippen molar-refractivity contribution in [3.05, 3.63) is 18.5 Å². The number of nitrogens with one attached hydrogen (secondary N) is 2. The number of carboxylic acids is 1. The number of carbonyl (C=O) groups is 2. The van der Waals surface area contributed by atoms with Crippen LogP contribution in [0.15, 0.2) is 18.5 Å². The highest BCUT2D eigenvalue weighted by molar-refractivity contribution is 5.90. The van der Waals surface area contributed by atoms with Gasteiger partial charge in [-0.1, -0.05) is 13.3 Å². The van der Waals surface area contributed by atoms with Gasteiger partial charge in [0, 0.05) is 12.4 Å². The van der Waals surface area contributed by atoms with E-state index in [9.17, 15) is 9.59 Å². The minimum absolute atomic E-state index is 0.130. The van der Waals surface area contributed by atoms with Gasteiger partial charge in [-0.3, -0.25) is 5.32 Å². The molecule has 0 aliphatic heterocycles. The fraction of sp³-hybridized carbons (Fsp3) is 0.400. The van der Waals surface area contributed by atoms with Crippen molar-refractivity contribution in [2.75, 3.05) is 5.32 Å². The molecule has 0 saturated heterocycles. The predicted molar refractivity (Wildman–Crippen MR) is 60.5 cm³/mol. The molecule has 92 valence electrons. The Labute approximate surface area is 98.3 Å². The molecule has 0 saturated carbocycles. The highest BCUT2D eigenvalue weighted by atomic mass is 16.4. The summed E-state index contributed by atoms with van der Waals surface area (Å²) in [6.45, 7) is 1.84. The summed E-state index contributed by atoms with van der Waals surface area (Å²) in [6, 6.07) is 0.0843. The highest BCUT2D eigenvalue weighted by Gasteiger charge is 2.18. The number of urea groups is 1. The highest BCUT2D eigenvalue weighted by Crippen LogP contribution is 1.98. The average molecular weight is 238 g/mol. The van der Waals surface area contributed by atoms with Crippen LogP contribution < -0.4 is 10.6 Å². The minimum atomic E-state index is -1.06. The van der Waals surface area contributed by atoms with Crippen LogP contribution in [-0.2, 0) is 4.79 Å². The van der Waals surface area contributed by atoms with Gasteiger partial charge in [0.2, 0.25) is 5.95 Å². The Kier molecular flexibility index (Phi) is 4.86. The first-order valence-corrected chi connectivity index (χ1v) is 5.20. The second-order valence-electron chi connectivity index (χ2n) is 3.35. The van der Waals surface area contributed by atoms with E-state index in [1.807, 2.05) is 6.92 Å². The number of carbonyl (C=O) groups excluding carboxylic acids is 1. The van der Waals surface area contributed by atoms with E-state index < -0.39 is 18.0 Å². The summed E-state index contributed by atoms with van der Waals surface area (Å²) in [5.41, 5.74) is 0. The summed E-state index contributed by atoms with van der Waals surface area (Å²) < 4.78 is 0. The minimum Gasteiger partial charge on any atom is -0.480 e. The topological polar surface area (TPSA) is 104 Å². The lowest BCUT2D eigenvalue weighted by atomic mass is 10.2. The van der Waals surface area contributed by atoms with Crippen LogP contribution in [0.1, 0.15) is 19.8 Å². The van der Waals surface area contributed by atoms with Gasteiger partial charge >= 0.3 is 12.0 Å². The molecule has 0 aliphatic rings. The molecule has 1 rings (SSSR count). The first kappa shape index (κ1) is 12.9. The summed E-state index contributed by atoms with van der Waals surface area (Å²) in [5.74, 6) is -0.929. The lowest BCUT2D eigenvalue weighted by molar-refractivity contribution is -0.139. The Bertz CT molecular complexity index is 382. The molecule has 7 nitrogen and oxygen atoms in total. The fourth-order valence-corrected chi connectivity index (χ4v) is 1.21. The number of anilines is 1. The Morgan fingerprint density at radius 1 is 1.41 bits per heavy atom. The second kappa shape index (κ2) is 6.41. The van der Waals surface area contributed by atoms with Gasteiger partial charge in [-0.25, -0.2) is 19.6 Å². The van der Waals surface area contributed by atoms with Crippen LogP contribution in [0.5, 0.6) is 0 Å². The van der Waals surface area contributed by atoms with Crippen molar-refractivity contribution in [2.24, 2.45) is 0 Å². The molecule has 1 aromatic heterocycles. The molecule has 0 aliphatic carbocycles. The molecule has 1 heterocycles. The number of nitrogens with zero attached hydrogens (tertiary/aromatic N) is 2. The van der Waals surface area contributed by atoms with Crippen LogP contribution in [0.2, 0.25) is 0 Å². The second-order valence-corrected chi connectivity index (χ2v) is 3.35. The molecular formula is C10H14N4O3. The number of aliphatic carboxylic acids is 1. The third kappa shape index (κ3) is 4.45. The lowest BCUT2D eigenvalue weighted by Gasteiger charge is -2.13. The molecule has 1 aromatic rings. The predicted octanol–water partition coefficient (Wildman–Crippen LogP) is 0.851. The fourth-order valence-electron chi connectivity index (χ4n) is 1.21. The van der Waals surface area contributed by atoms with E-state index in [1.165, 1.54) is 12.4 Å². The lowest BCUT2D eigenvalue weighted by Crippen LogP contribution is -2.43. The molecule has 0 aromatic carbocycles. The van der Waals surface area contributed by atoms with Crippen molar-refractivity contribution >= 4 is 17.9 Å². The van der Waals surface area contributed by atoms with Gasteiger partial charge in [0.15, 0.2) is 0 Å². The van der Waals surface area contributed by atoms with Gasteiger partial charge in [0.25, 0.3) is 0 Å². The van der Waals surface area contributed by atoms with Crippen molar-refractivity contribution in [1.29, 1.82) is 0 Å². The van der Waals surface area contributed by atoms with E-state index in [4.69, 9.17) is 5.11 Å². The van der Waals surface area contributed by atoms with E-state index in [-0.39, 0.29) is 5.95 Å². The zero-order valence-electron chi connectivity index (χ0n) is 9.38. The molecule has 3 N–H and O–H groups in total. The maximum atomic E-state index is 11.4. The Morgan fingerprint density at radius 3 is 2.59 bits per heavy atom. The summed E-state index contributed by atoms with van der Waals surface area (Å²) in [4.78, 5) is 29.8. The molecule has 0 bridgehead atoms. The standard InChI is InChI=1S/C10H14N4O3/c1-2-4-7(8(15)16)13-10(17)14-9-11-5-3-6-12-9/h3,5-7H,2,4H2,1H3,(H,15,16)(H2,11,12,13,14,17). The monoisotopic (exact) mass is 238 g/mol. The van der Waals surface area contributed by atoms with Gasteiger partial charge in [0.05, 0.1) is 0 Å². The SMILES string of the molecule is CCCC(NC(=O)Nc1ncccn1)C(=O)O. The molecule has 7 heteroatoms. The van der Waals surface area contributed by atoms with Gasteiger partial charge in [-0.2, -0.15) is 0 Å². The zero-order chi connectivity index (χ0) is 12.7. The van der Waals surface area contributed by atoms with E-state index in [2.05, 4.69) is 20.6 Å². The first-order chi connectivity index (χ1) is 8.13. The third-order valence-electron chi connectivity index (χ3n) is 1.97. The Hall–Kier alpha value is -2.18. The number of aromatic nitrogens is 2. The van der Waals surface area contributed by atoms with Crippen LogP contribution in [0.3, 0.4) is 0 Å². The van der Waals surface area contributed by atoms with Gasteiger partial charge < -0.3 is 10.4 Å². The van der Waals surface area contributed by atoms with E-state index in [0.29, 0.717) is 12.8 Å². The maximum Gasteiger partial charge on any atom is 0.326 e. The summed E-state index contributed by atoms with van der Waals surface area (Å²) in [6.07, 6.45) is 3.99. The molecule has 2 amide bonds. The molecule has 0 spiro atoms. The Balaban J connectivity index is 2.51. The summed E-state index contributed by atoms with van der Waals surface area (Å²) in [7, 11) is 0. The zero-order valence-corrected chi connectivity index (χ0v) is 9.38. The number of rotatable bonds is 5. The summed E-state index contributed by atoms with van der Waals surface area (Å²) >= 11 is 0. The normalized spacial score (nSPS) is 11.6. The average Bonchev–Trinajstić information content (AvgIpc) is 2.29. The number of hydrogen-bond acceptors (Lipinski definition) is 4. The van der Waals surface area contributed by atoms with Crippen molar-refractivity contribution in [2.45, 2.75) is 25.8 Å². The molecule has 0 fully saturated rings. The maximum absolute atomic E-state index is 11.4. The van der Waals surface area contributed by atoms with Crippen LogP contribution in [-0.4, -0.2) is 33.1 Å². The number of amides is 2. The molecule has 0 radical (unpaired) electrons. The van der Waals surface area contributed by atoms with E-state index in [0.717, 1.165) is 0 Å². The molecular weight excluding hydrogens is 224 g/mol. The molecule has 1 atom stereocenters. The quantitative estimate of drug-likeness (QED) is 0.705. The smallest absolute Gasteiger partial charge is 0.326 e. The molecule has 17 heavy (non-hydrogen) atoms. The largest absolute Gasteiger partial charge is 0.480 e. The molecule has 1 unspecified atom stereocenters. The van der Waals surface area contributed by atoms with E-state index in [1.54, 1.807) is 6.07 Å². The van der Waals surface area contributed by atoms with Gasteiger partial charge in [0.1, 0.15) is 6.04 Å². The first-order valence-electron chi connectivity index (χ1n) is 5.20. The summed E-state index contributed by atoms with van der Waals surface area (Å²) in [5, 5.41) is 13.5. The van der Waals surface area contributed by atoms with Crippen molar-refractivity contribution < 1.29 is 14.7 Å². The van der Waals surface area contributed by atoms with Crippen LogP contribution in [0.4, 0.5) is 10.7 Å². The van der Waals surface area contributed by atoms with Crippen LogP contribution in [0.25, 0.3) is 0 Å². The van der Waals surface area contributed by atoms with E-state index >= 15 is 0 Å². The van der Waals surface area contributed by atoms with Crippen LogP contribution in [0, 0.1) is 0 Å². The Morgan fingerprint density at radius 2 is 2.06 bits per heavy atom. The van der Waals surface area contributed by atoms with Crippen molar-refractivity contribution in [3.8, 4) is 0 Å². The van der Waals surface area contributed by atoms with Gasteiger partial charge in [-0.15, -0.1) is 0 Å². The number of hydrogen-bond donors (Lipinski definition) is 3. The van der Waals surface area contributed by atoms with Crippen LogP contribution >= 0.6 is 0 Å².